The molecule has 0 unspecified atom stereocenters. The topological polar surface area (TPSA) is 67.2 Å². The lowest BCUT2D eigenvalue weighted by molar-refractivity contribution is 0.0923. The van der Waals surface area contributed by atoms with E-state index in [-0.39, 0.29) is 5.91 Å². The Hall–Kier alpha value is -1.55. The van der Waals surface area contributed by atoms with Crippen LogP contribution in [0.2, 0.25) is 0 Å². The van der Waals surface area contributed by atoms with E-state index in [9.17, 15) is 4.79 Å². The Morgan fingerprint density at radius 1 is 1.17 bits per heavy atom. The fraction of sp³-hybridized carbons (Fsp3) is 0.500. The van der Waals surface area contributed by atoms with Gasteiger partial charge in [-0.1, -0.05) is 6.92 Å². The highest BCUT2D eigenvalue weighted by Gasteiger charge is 2.20. The second-order valence-electron chi connectivity index (χ2n) is 5.15. The van der Waals surface area contributed by atoms with Gasteiger partial charge in [0.15, 0.2) is 0 Å². The van der Waals surface area contributed by atoms with Gasteiger partial charge in [-0.25, -0.2) is 0 Å². The number of nitrogen functional groups attached to an aromatic ring is 1. The molecule has 4 nitrogen and oxygen atoms in total. The molecule has 0 heterocycles. The van der Waals surface area contributed by atoms with Crippen molar-refractivity contribution in [1.29, 1.82) is 0 Å². The number of amides is 1. The molecule has 1 aliphatic carbocycles. The van der Waals surface area contributed by atoms with Crippen molar-refractivity contribution in [3.8, 4) is 0 Å². The molecule has 1 aliphatic rings. The third-order valence-electron chi connectivity index (χ3n) is 3.66. The molecule has 4 heteroatoms. The molecule has 1 aromatic rings. The van der Waals surface area contributed by atoms with E-state index in [1.807, 2.05) is 0 Å². The Balaban J connectivity index is 1.90. The van der Waals surface area contributed by atoms with Crippen molar-refractivity contribution in [2.24, 2.45) is 11.8 Å². The lowest BCUT2D eigenvalue weighted by Crippen LogP contribution is -2.37. The molecule has 0 spiro atoms. The zero-order chi connectivity index (χ0) is 13.0. The van der Waals surface area contributed by atoms with Gasteiger partial charge in [-0.15, -0.1) is 0 Å². The van der Waals surface area contributed by atoms with Crippen LogP contribution in [0.3, 0.4) is 0 Å². The summed E-state index contributed by atoms with van der Waals surface area (Å²) >= 11 is 0. The highest BCUT2D eigenvalue weighted by molar-refractivity contribution is 5.94. The minimum Gasteiger partial charge on any atom is -0.349 e. The van der Waals surface area contributed by atoms with Gasteiger partial charge in [-0.05, 0) is 55.9 Å². The van der Waals surface area contributed by atoms with Crippen molar-refractivity contribution < 1.29 is 4.79 Å². The molecule has 0 bridgehead atoms. The average molecular weight is 247 g/mol. The number of rotatable bonds is 3. The van der Waals surface area contributed by atoms with Crippen molar-refractivity contribution in [3.63, 3.8) is 0 Å². The van der Waals surface area contributed by atoms with Crippen LogP contribution >= 0.6 is 0 Å². The summed E-state index contributed by atoms with van der Waals surface area (Å²) in [7, 11) is 0. The van der Waals surface area contributed by atoms with Crippen LogP contribution < -0.4 is 16.6 Å². The number of benzene rings is 1. The molecule has 4 N–H and O–H groups in total. The van der Waals surface area contributed by atoms with Crippen LogP contribution in [0.15, 0.2) is 24.3 Å². The highest BCUT2D eigenvalue weighted by Crippen LogP contribution is 2.23. The van der Waals surface area contributed by atoms with E-state index in [4.69, 9.17) is 5.84 Å². The van der Waals surface area contributed by atoms with Crippen molar-refractivity contribution in [2.75, 3.05) is 5.43 Å². The average Bonchev–Trinajstić information content (AvgIpc) is 2.41. The zero-order valence-corrected chi connectivity index (χ0v) is 10.8. The third-order valence-corrected chi connectivity index (χ3v) is 3.66. The van der Waals surface area contributed by atoms with Crippen LogP contribution in [0.5, 0.6) is 0 Å². The number of anilines is 1. The maximum atomic E-state index is 12.0. The van der Waals surface area contributed by atoms with Gasteiger partial charge in [-0.2, -0.15) is 0 Å². The normalized spacial score (nSPS) is 23.4. The molecule has 0 aromatic heterocycles. The lowest BCUT2D eigenvalue weighted by atomic mass is 9.87. The molecular weight excluding hydrogens is 226 g/mol. The van der Waals surface area contributed by atoms with Crippen LogP contribution in [0.4, 0.5) is 5.69 Å². The Morgan fingerprint density at radius 3 is 2.33 bits per heavy atom. The highest BCUT2D eigenvalue weighted by atomic mass is 16.1. The van der Waals surface area contributed by atoms with Gasteiger partial charge in [0.05, 0.1) is 0 Å². The number of carbonyl (C=O) groups is 1. The summed E-state index contributed by atoms with van der Waals surface area (Å²) in [6.07, 6.45) is 4.60. The number of nitrogens with one attached hydrogen (secondary N) is 2. The first-order chi connectivity index (χ1) is 8.69. The van der Waals surface area contributed by atoms with E-state index < -0.39 is 0 Å². The lowest BCUT2D eigenvalue weighted by Gasteiger charge is -2.26. The maximum Gasteiger partial charge on any atom is 0.251 e. The van der Waals surface area contributed by atoms with Gasteiger partial charge in [0.25, 0.3) is 5.91 Å². The fourth-order valence-electron chi connectivity index (χ4n) is 2.39. The Kier molecular flexibility index (Phi) is 4.20. The molecule has 1 aromatic carbocycles. The van der Waals surface area contributed by atoms with E-state index >= 15 is 0 Å². The van der Waals surface area contributed by atoms with Crippen LogP contribution in [-0.4, -0.2) is 11.9 Å². The van der Waals surface area contributed by atoms with Gasteiger partial charge in [-0.3, -0.25) is 10.6 Å². The van der Waals surface area contributed by atoms with E-state index in [1.165, 1.54) is 12.8 Å². The van der Waals surface area contributed by atoms with Gasteiger partial charge in [0.1, 0.15) is 0 Å². The van der Waals surface area contributed by atoms with Gasteiger partial charge in [0, 0.05) is 17.3 Å². The zero-order valence-electron chi connectivity index (χ0n) is 10.8. The van der Waals surface area contributed by atoms with Crippen molar-refractivity contribution >= 4 is 11.6 Å². The second kappa shape index (κ2) is 5.87. The fourth-order valence-corrected chi connectivity index (χ4v) is 2.39. The number of hydrogen-bond acceptors (Lipinski definition) is 3. The first kappa shape index (κ1) is 12.9. The molecule has 1 fully saturated rings. The SMILES string of the molecule is CC1CCC(NC(=O)c2ccc(NN)cc2)CC1. The summed E-state index contributed by atoms with van der Waals surface area (Å²) in [5, 5.41) is 3.10. The minimum absolute atomic E-state index is 0.0122. The van der Waals surface area contributed by atoms with E-state index in [2.05, 4.69) is 17.7 Å². The van der Waals surface area contributed by atoms with Gasteiger partial charge < -0.3 is 10.7 Å². The van der Waals surface area contributed by atoms with Crippen LogP contribution in [0, 0.1) is 5.92 Å². The second-order valence-corrected chi connectivity index (χ2v) is 5.15. The van der Waals surface area contributed by atoms with Crippen molar-refractivity contribution in [2.45, 2.75) is 38.6 Å². The molecule has 0 radical (unpaired) electrons. The van der Waals surface area contributed by atoms with Crippen LogP contribution in [-0.2, 0) is 0 Å². The largest absolute Gasteiger partial charge is 0.349 e. The third kappa shape index (κ3) is 3.23. The van der Waals surface area contributed by atoms with E-state index in [0.29, 0.717) is 11.6 Å². The predicted molar refractivity (Wildman–Crippen MR) is 73.1 cm³/mol. The number of hydrazine groups is 1. The Labute approximate surface area is 108 Å². The molecule has 18 heavy (non-hydrogen) atoms. The van der Waals surface area contributed by atoms with E-state index in [1.54, 1.807) is 24.3 Å². The summed E-state index contributed by atoms with van der Waals surface area (Å²) in [5.74, 6) is 6.10. The van der Waals surface area contributed by atoms with Gasteiger partial charge in [0.2, 0.25) is 0 Å². The Morgan fingerprint density at radius 2 is 1.78 bits per heavy atom. The molecular formula is C14H21N3O. The number of hydrogen-bond donors (Lipinski definition) is 3. The quantitative estimate of drug-likeness (QED) is 0.567. The molecule has 0 atom stereocenters. The predicted octanol–water partition coefficient (Wildman–Crippen LogP) is 2.28. The molecule has 0 aliphatic heterocycles. The smallest absolute Gasteiger partial charge is 0.251 e. The standard InChI is InChI=1S/C14H21N3O/c1-10-2-6-12(7-3-10)16-14(18)11-4-8-13(17-15)9-5-11/h4-5,8-10,12,17H,2-3,6-7,15H2,1H3,(H,16,18). The first-order valence-electron chi connectivity index (χ1n) is 6.56. The summed E-state index contributed by atoms with van der Waals surface area (Å²) < 4.78 is 0. The molecule has 1 amide bonds. The molecule has 98 valence electrons. The molecule has 1 saturated carbocycles. The minimum atomic E-state index is 0.0122. The molecule has 0 saturated heterocycles. The van der Waals surface area contributed by atoms with Crippen LogP contribution in [0.25, 0.3) is 0 Å². The summed E-state index contributed by atoms with van der Waals surface area (Å²) in [4.78, 5) is 12.0. The maximum absolute atomic E-state index is 12.0. The Bertz CT molecular complexity index is 394. The summed E-state index contributed by atoms with van der Waals surface area (Å²) in [5.41, 5.74) is 4.04. The number of nitrogens with two attached hydrogens (primary N) is 1. The van der Waals surface area contributed by atoms with Crippen LogP contribution in [0.1, 0.15) is 43.0 Å². The summed E-state index contributed by atoms with van der Waals surface area (Å²) in [6.45, 7) is 2.27. The van der Waals surface area contributed by atoms with Crippen molar-refractivity contribution in [3.05, 3.63) is 29.8 Å². The van der Waals surface area contributed by atoms with Gasteiger partial charge >= 0.3 is 0 Å². The summed E-state index contributed by atoms with van der Waals surface area (Å²) in [6, 6.07) is 7.52. The molecule has 2 rings (SSSR count). The van der Waals surface area contributed by atoms with Crippen molar-refractivity contribution in [1.82, 2.24) is 5.32 Å². The van der Waals surface area contributed by atoms with E-state index in [0.717, 1.165) is 24.4 Å². The monoisotopic (exact) mass is 247 g/mol. The number of carbonyl (C=O) groups excluding carboxylic acids is 1. The first-order valence-corrected chi connectivity index (χ1v) is 6.56.